The number of hydrogen-bond donors (Lipinski definition) is 1. The standard InChI is InChI=1S/C11H15BrN2O2/c1-11(2,13-3)7-8-5-4-6-9(10(8)12)14(15)16/h4-6,13H,7H2,1-3H3. The number of nitrogens with one attached hydrogen (secondary N) is 1. The first-order valence-electron chi connectivity index (χ1n) is 4.98. The SMILES string of the molecule is CNC(C)(C)Cc1cccc([N+](=O)[O-])c1Br. The summed E-state index contributed by atoms with van der Waals surface area (Å²) in [6, 6.07) is 5.11. The van der Waals surface area contributed by atoms with Gasteiger partial charge in [-0.05, 0) is 48.8 Å². The van der Waals surface area contributed by atoms with E-state index >= 15 is 0 Å². The molecule has 5 heteroatoms. The van der Waals surface area contributed by atoms with E-state index in [1.54, 1.807) is 6.07 Å². The molecule has 0 bridgehead atoms. The van der Waals surface area contributed by atoms with Gasteiger partial charge in [-0.3, -0.25) is 10.1 Å². The number of nitro benzene ring substituents is 1. The zero-order valence-electron chi connectivity index (χ0n) is 9.58. The van der Waals surface area contributed by atoms with E-state index < -0.39 is 0 Å². The van der Waals surface area contributed by atoms with E-state index in [0.717, 1.165) is 12.0 Å². The van der Waals surface area contributed by atoms with Gasteiger partial charge < -0.3 is 5.32 Å². The lowest BCUT2D eigenvalue weighted by molar-refractivity contribution is -0.385. The Balaban J connectivity index is 3.07. The molecule has 1 aromatic rings. The summed E-state index contributed by atoms with van der Waals surface area (Å²) in [5.74, 6) is 0. The van der Waals surface area contributed by atoms with Crippen LogP contribution in [-0.4, -0.2) is 17.5 Å². The fourth-order valence-electron chi connectivity index (χ4n) is 1.41. The highest BCUT2D eigenvalue weighted by molar-refractivity contribution is 9.10. The molecule has 0 aliphatic heterocycles. The number of hydrogen-bond acceptors (Lipinski definition) is 3. The molecule has 0 aromatic heterocycles. The molecule has 0 amide bonds. The maximum Gasteiger partial charge on any atom is 0.283 e. The van der Waals surface area contributed by atoms with Crippen molar-refractivity contribution >= 4 is 21.6 Å². The van der Waals surface area contributed by atoms with E-state index in [1.165, 1.54) is 6.07 Å². The second-order valence-electron chi connectivity index (χ2n) is 4.32. The van der Waals surface area contributed by atoms with E-state index in [2.05, 4.69) is 35.1 Å². The highest BCUT2D eigenvalue weighted by Gasteiger charge is 2.21. The second-order valence-corrected chi connectivity index (χ2v) is 5.11. The molecule has 0 atom stereocenters. The van der Waals surface area contributed by atoms with Crippen molar-refractivity contribution in [3.05, 3.63) is 38.3 Å². The summed E-state index contributed by atoms with van der Waals surface area (Å²) >= 11 is 3.29. The van der Waals surface area contributed by atoms with E-state index in [0.29, 0.717) is 4.47 Å². The summed E-state index contributed by atoms with van der Waals surface area (Å²) < 4.78 is 0.573. The van der Waals surface area contributed by atoms with Gasteiger partial charge in [-0.15, -0.1) is 0 Å². The molecular formula is C11H15BrN2O2. The lowest BCUT2D eigenvalue weighted by Crippen LogP contribution is -2.38. The molecule has 0 saturated carbocycles. The van der Waals surface area contributed by atoms with Gasteiger partial charge in [0.1, 0.15) is 0 Å². The van der Waals surface area contributed by atoms with Gasteiger partial charge in [-0.1, -0.05) is 12.1 Å². The van der Waals surface area contributed by atoms with Crippen molar-refractivity contribution in [2.24, 2.45) is 0 Å². The van der Waals surface area contributed by atoms with Crippen molar-refractivity contribution in [3.63, 3.8) is 0 Å². The predicted octanol–water partition coefficient (Wildman–Crippen LogP) is 2.90. The van der Waals surface area contributed by atoms with Crippen molar-refractivity contribution in [1.82, 2.24) is 5.32 Å². The summed E-state index contributed by atoms with van der Waals surface area (Å²) in [7, 11) is 1.88. The molecule has 4 nitrogen and oxygen atoms in total. The first kappa shape index (κ1) is 13.1. The smallest absolute Gasteiger partial charge is 0.283 e. The molecule has 0 aliphatic carbocycles. The molecule has 88 valence electrons. The lowest BCUT2D eigenvalue weighted by Gasteiger charge is -2.24. The Kier molecular flexibility index (Phi) is 4.04. The Morgan fingerprint density at radius 2 is 2.12 bits per heavy atom. The third kappa shape index (κ3) is 3.02. The van der Waals surface area contributed by atoms with Crippen LogP contribution in [0.1, 0.15) is 19.4 Å². The summed E-state index contributed by atoms with van der Waals surface area (Å²) in [5.41, 5.74) is 0.968. The normalized spacial score (nSPS) is 11.5. The molecule has 0 fully saturated rings. The maximum atomic E-state index is 10.8. The van der Waals surface area contributed by atoms with Crippen LogP contribution in [0.15, 0.2) is 22.7 Å². The molecule has 1 N–H and O–H groups in total. The molecule has 0 spiro atoms. The Hall–Kier alpha value is -0.940. The molecule has 0 saturated heterocycles. The van der Waals surface area contributed by atoms with E-state index in [4.69, 9.17) is 0 Å². The van der Waals surface area contributed by atoms with Crippen LogP contribution in [0.5, 0.6) is 0 Å². The summed E-state index contributed by atoms with van der Waals surface area (Å²) in [6.45, 7) is 4.11. The number of likely N-dealkylation sites (N-methyl/N-ethyl adjacent to an activating group) is 1. The monoisotopic (exact) mass is 286 g/mol. The van der Waals surface area contributed by atoms with Crippen molar-refractivity contribution in [2.75, 3.05) is 7.05 Å². The zero-order valence-corrected chi connectivity index (χ0v) is 11.2. The van der Waals surface area contributed by atoms with Gasteiger partial charge in [0, 0.05) is 11.6 Å². The highest BCUT2D eigenvalue weighted by atomic mass is 79.9. The first-order valence-corrected chi connectivity index (χ1v) is 5.77. The van der Waals surface area contributed by atoms with E-state index in [-0.39, 0.29) is 16.1 Å². The number of nitro groups is 1. The minimum atomic E-state index is -0.375. The molecule has 0 aliphatic rings. The minimum Gasteiger partial charge on any atom is -0.314 e. The average Bonchev–Trinajstić information content (AvgIpc) is 2.20. The quantitative estimate of drug-likeness (QED) is 0.684. The molecular weight excluding hydrogens is 272 g/mol. The molecule has 0 unspecified atom stereocenters. The second kappa shape index (κ2) is 4.93. The Morgan fingerprint density at radius 1 is 1.50 bits per heavy atom. The fourth-order valence-corrected chi connectivity index (χ4v) is 1.96. The van der Waals surface area contributed by atoms with Gasteiger partial charge in [0.25, 0.3) is 5.69 Å². The van der Waals surface area contributed by atoms with Gasteiger partial charge in [0.15, 0.2) is 0 Å². The number of halogens is 1. The summed E-state index contributed by atoms with van der Waals surface area (Å²) in [5, 5.41) is 13.9. The van der Waals surface area contributed by atoms with Crippen molar-refractivity contribution in [3.8, 4) is 0 Å². The van der Waals surface area contributed by atoms with Gasteiger partial charge >= 0.3 is 0 Å². The summed E-state index contributed by atoms with van der Waals surface area (Å²) in [4.78, 5) is 10.4. The van der Waals surface area contributed by atoms with Gasteiger partial charge in [-0.2, -0.15) is 0 Å². The average molecular weight is 287 g/mol. The third-order valence-electron chi connectivity index (χ3n) is 2.56. The topological polar surface area (TPSA) is 55.2 Å². The van der Waals surface area contributed by atoms with Crippen LogP contribution < -0.4 is 5.32 Å². The number of benzene rings is 1. The molecule has 16 heavy (non-hydrogen) atoms. The molecule has 1 rings (SSSR count). The van der Waals surface area contributed by atoms with E-state index in [1.807, 2.05) is 13.1 Å². The van der Waals surface area contributed by atoms with Crippen LogP contribution in [0, 0.1) is 10.1 Å². The van der Waals surface area contributed by atoms with Crippen LogP contribution in [0.3, 0.4) is 0 Å². The maximum absolute atomic E-state index is 10.8. The minimum absolute atomic E-state index is 0.0856. The van der Waals surface area contributed by atoms with Crippen molar-refractivity contribution in [1.29, 1.82) is 0 Å². The van der Waals surface area contributed by atoms with Crippen LogP contribution >= 0.6 is 15.9 Å². The van der Waals surface area contributed by atoms with Gasteiger partial charge in [0.2, 0.25) is 0 Å². The van der Waals surface area contributed by atoms with Crippen molar-refractivity contribution in [2.45, 2.75) is 25.8 Å². The van der Waals surface area contributed by atoms with E-state index in [9.17, 15) is 10.1 Å². The lowest BCUT2D eigenvalue weighted by atomic mass is 9.95. The molecule has 0 radical (unpaired) electrons. The predicted molar refractivity (Wildman–Crippen MR) is 67.6 cm³/mol. The number of rotatable bonds is 4. The van der Waals surface area contributed by atoms with Crippen LogP contribution in [0.4, 0.5) is 5.69 Å². The molecule has 0 heterocycles. The van der Waals surface area contributed by atoms with Gasteiger partial charge in [0.05, 0.1) is 9.40 Å². The summed E-state index contributed by atoms with van der Waals surface area (Å²) in [6.07, 6.45) is 0.728. The Bertz CT molecular complexity index is 405. The Morgan fingerprint density at radius 3 is 2.62 bits per heavy atom. The third-order valence-corrected chi connectivity index (χ3v) is 3.48. The van der Waals surface area contributed by atoms with Crippen molar-refractivity contribution < 1.29 is 4.92 Å². The first-order chi connectivity index (χ1) is 7.37. The fraction of sp³-hybridized carbons (Fsp3) is 0.455. The van der Waals surface area contributed by atoms with Crippen LogP contribution in [-0.2, 0) is 6.42 Å². The van der Waals surface area contributed by atoms with Crippen LogP contribution in [0.25, 0.3) is 0 Å². The van der Waals surface area contributed by atoms with Gasteiger partial charge in [-0.25, -0.2) is 0 Å². The molecule has 1 aromatic carbocycles. The largest absolute Gasteiger partial charge is 0.314 e. The Labute approximate surface area is 103 Å². The zero-order chi connectivity index (χ0) is 12.3. The van der Waals surface area contributed by atoms with Crippen LogP contribution in [0.2, 0.25) is 0 Å². The number of nitrogens with zero attached hydrogens (tertiary/aromatic N) is 1. The highest BCUT2D eigenvalue weighted by Crippen LogP contribution is 2.30.